The predicted molar refractivity (Wildman–Crippen MR) is 127 cm³/mol. The van der Waals surface area contributed by atoms with E-state index in [4.69, 9.17) is 23.2 Å². The Hall–Kier alpha value is -2.21. The smallest absolute Gasteiger partial charge is 0.282 e. The van der Waals surface area contributed by atoms with Crippen molar-refractivity contribution in [2.45, 2.75) is 33.9 Å². The lowest BCUT2D eigenvalue weighted by atomic mass is 9.77. The van der Waals surface area contributed by atoms with Crippen LogP contribution in [0.1, 0.15) is 29.5 Å². The van der Waals surface area contributed by atoms with Crippen LogP contribution in [0.4, 0.5) is 11.4 Å². The molecule has 7 heteroatoms. The van der Waals surface area contributed by atoms with E-state index in [9.17, 15) is 10.1 Å². The number of anilines is 1. The monoisotopic (exact) mass is 470 g/mol. The molecule has 1 aliphatic carbocycles. The van der Waals surface area contributed by atoms with Crippen molar-refractivity contribution in [3.8, 4) is 0 Å². The topological polar surface area (TPSA) is 55.2 Å². The molecule has 3 aromatic carbocycles. The molecule has 1 fully saturated rings. The maximum atomic E-state index is 11.5. The minimum atomic E-state index is -0.322. The van der Waals surface area contributed by atoms with Crippen molar-refractivity contribution in [2.24, 2.45) is 5.92 Å². The molecule has 0 amide bonds. The van der Waals surface area contributed by atoms with E-state index >= 15 is 0 Å². The first-order valence-electron chi connectivity index (χ1n) is 10.2. The number of para-hydroxylation sites is 1. The van der Waals surface area contributed by atoms with E-state index in [1.807, 2.05) is 36.4 Å². The van der Waals surface area contributed by atoms with Gasteiger partial charge in [0.15, 0.2) is 0 Å². The second-order valence-electron chi connectivity index (χ2n) is 8.02. The molecular formula is C24H20Cl2N2O2S. The maximum absolute atomic E-state index is 11.5. The maximum Gasteiger partial charge on any atom is 0.282 e. The molecule has 3 aromatic rings. The van der Waals surface area contributed by atoms with Crippen molar-refractivity contribution in [1.82, 2.24) is 0 Å². The van der Waals surface area contributed by atoms with Crippen LogP contribution in [0, 0.1) is 16.0 Å². The largest absolute Gasteiger partial charge is 0.378 e. The molecule has 1 heterocycles. The Morgan fingerprint density at radius 1 is 1.03 bits per heavy atom. The standard InChI is InChI=1S/C24H20Cl2N2O2S/c25-15-10-11-18-16(12-15)22-17(24(27-18)14-6-2-1-3-7-14)13-21(23(22)26)31-20-9-5-4-8-19(20)28(29)30/h1-12,17,21-24,27H,13H2/t17-,21+,22-,23+,24+/m1/s1. The summed E-state index contributed by atoms with van der Waals surface area (Å²) in [6.45, 7) is 0. The summed E-state index contributed by atoms with van der Waals surface area (Å²) in [7, 11) is 0. The van der Waals surface area contributed by atoms with E-state index in [0.29, 0.717) is 9.92 Å². The molecule has 0 unspecified atom stereocenters. The van der Waals surface area contributed by atoms with Gasteiger partial charge in [-0.15, -0.1) is 23.4 Å². The fourth-order valence-corrected chi connectivity index (χ4v) is 7.07. The highest BCUT2D eigenvalue weighted by Crippen LogP contribution is 2.58. The van der Waals surface area contributed by atoms with Gasteiger partial charge >= 0.3 is 0 Å². The number of rotatable bonds is 4. The molecule has 0 saturated heterocycles. The molecule has 1 N–H and O–H groups in total. The van der Waals surface area contributed by atoms with Gasteiger partial charge in [0.2, 0.25) is 0 Å². The zero-order valence-corrected chi connectivity index (χ0v) is 18.8. The van der Waals surface area contributed by atoms with Gasteiger partial charge in [-0.3, -0.25) is 10.1 Å². The van der Waals surface area contributed by atoms with Gasteiger partial charge in [0.1, 0.15) is 0 Å². The number of nitro groups is 1. The fraction of sp³-hybridized carbons (Fsp3) is 0.250. The van der Waals surface area contributed by atoms with Gasteiger partial charge in [0, 0.05) is 27.9 Å². The van der Waals surface area contributed by atoms with Gasteiger partial charge in [0.25, 0.3) is 5.69 Å². The zero-order valence-electron chi connectivity index (χ0n) is 16.4. The molecule has 1 saturated carbocycles. The van der Waals surface area contributed by atoms with Crippen LogP contribution in [0.15, 0.2) is 77.7 Å². The fourth-order valence-electron chi connectivity index (χ4n) is 4.95. The molecule has 0 bridgehead atoms. The van der Waals surface area contributed by atoms with Crippen molar-refractivity contribution in [3.05, 3.63) is 99.1 Å². The summed E-state index contributed by atoms with van der Waals surface area (Å²) in [5.41, 5.74) is 3.54. The zero-order chi connectivity index (χ0) is 21.5. The quantitative estimate of drug-likeness (QED) is 0.247. The van der Waals surface area contributed by atoms with E-state index < -0.39 is 0 Å². The molecule has 0 aromatic heterocycles. The highest BCUT2D eigenvalue weighted by Gasteiger charge is 2.50. The SMILES string of the molecule is O=[N+]([O-])c1ccccc1S[C@H]1C[C@@H]2[C@@H](c3cc(Cl)ccc3N[C@H]2c2ccccc2)[C@H]1Cl. The molecule has 1 aliphatic heterocycles. The van der Waals surface area contributed by atoms with E-state index in [0.717, 1.165) is 17.7 Å². The highest BCUT2D eigenvalue weighted by molar-refractivity contribution is 8.00. The Bertz CT molecular complexity index is 1130. The van der Waals surface area contributed by atoms with Crippen LogP contribution in [0.25, 0.3) is 0 Å². The third kappa shape index (κ3) is 3.79. The number of nitrogens with zero attached hydrogens (tertiary/aromatic N) is 1. The summed E-state index contributed by atoms with van der Waals surface area (Å²) < 4.78 is 0. The summed E-state index contributed by atoms with van der Waals surface area (Å²) >= 11 is 15.0. The Kier molecular flexibility index (Phi) is 5.59. The van der Waals surface area contributed by atoms with Gasteiger partial charge in [-0.25, -0.2) is 0 Å². The van der Waals surface area contributed by atoms with Crippen LogP contribution in [-0.2, 0) is 0 Å². The number of nitrogens with one attached hydrogen (secondary N) is 1. The number of thioether (sulfide) groups is 1. The lowest BCUT2D eigenvalue weighted by Gasteiger charge is -2.38. The van der Waals surface area contributed by atoms with Crippen LogP contribution in [0.3, 0.4) is 0 Å². The van der Waals surface area contributed by atoms with Crippen LogP contribution < -0.4 is 5.32 Å². The molecule has 2 aliphatic rings. The second kappa shape index (κ2) is 8.38. The molecule has 0 spiro atoms. The minimum Gasteiger partial charge on any atom is -0.378 e. The number of alkyl halides is 1. The lowest BCUT2D eigenvalue weighted by molar-refractivity contribution is -0.387. The molecule has 158 valence electrons. The Labute approximate surface area is 195 Å². The van der Waals surface area contributed by atoms with E-state index in [-0.39, 0.29) is 39.1 Å². The molecule has 31 heavy (non-hydrogen) atoms. The number of hydrogen-bond acceptors (Lipinski definition) is 4. The first-order valence-corrected chi connectivity index (χ1v) is 11.9. The van der Waals surface area contributed by atoms with Crippen LogP contribution in [0.2, 0.25) is 5.02 Å². The Balaban J connectivity index is 1.53. The van der Waals surface area contributed by atoms with Gasteiger partial charge in [-0.05, 0) is 47.7 Å². The van der Waals surface area contributed by atoms with Gasteiger partial charge < -0.3 is 5.32 Å². The van der Waals surface area contributed by atoms with Crippen molar-refractivity contribution in [2.75, 3.05) is 5.32 Å². The van der Waals surface area contributed by atoms with Gasteiger partial charge in [-0.1, -0.05) is 54.1 Å². The normalized spacial score (nSPS) is 26.6. The number of benzene rings is 3. The van der Waals surface area contributed by atoms with Crippen LogP contribution in [-0.4, -0.2) is 15.6 Å². The summed E-state index contributed by atoms with van der Waals surface area (Å²) in [6.07, 6.45) is 0.855. The Morgan fingerprint density at radius 3 is 2.55 bits per heavy atom. The van der Waals surface area contributed by atoms with Crippen LogP contribution >= 0.6 is 35.0 Å². The van der Waals surface area contributed by atoms with E-state index in [1.165, 1.54) is 17.3 Å². The summed E-state index contributed by atoms with van der Waals surface area (Å²) in [4.78, 5) is 11.8. The average Bonchev–Trinajstić information content (AvgIpc) is 3.10. The highest BCUT2D eigenvalue weighted by atomic mass is 35.5. The third-order valence-corrected chi connectivity index (χ3v) is 8.62. The molecular weight excluding hydrogens is 451 g/mol. The minimum absolute atomic E-state index is 0.0516. The van der Waals surface area contributed by atoms with Crippen molar-refractivity contribution < 1.29 is 4.92 Å². The van der Waals surface area contributed by atoms with Crippen molar-refractivity contribution in [1.29, 1.82) is 0 Å². The summed E-state index contributed by atoms with van der Waals surface area (Å²) in [6, 6.07) is 23.4. The lowest BCUT2D eigenvalue weighted by Crippen LogP contribution is -2.31. The predicted octanol–water partition coefficient (Wildman–Crippen LogP) is 7.29. The first kappa shape index (κ1) is 20.7. The molecule has 5 rings (SSSR count). The molecule has 5 atom stereocenters. The average molecular weight is 471 g/mol. The first-order chi connectivity index (χ1) is 15.0. The summed E-state index contributed by atoms with van der Waals surface area (Å²) in [5, 5.41) is 15.8. The number of hydrogen-bond donors (Lipinski definition) is 1. The molecule has 0 radical (unpaired) electrons. The van der Waals surface area contributed by atoms with Crippen molar-refractivity contribution in [3.63, 3.8) is 0 Å². The Morgan fingerprint density at radius 2 is 1.77 bits per heavy atom. The summed E-state index contributed by atoms with van der Waals surface area (Å²) in [5.74, 6) is 0.373. The molecule has 4 nitrogen and oxygen atoms in total. The van der Waals surface area contributed by atoms with E-state index in [1.54, 1.807) is 12.1 Å². The van der Waals surface area contributed by atoms with Crippen LogP contribution in [0.5, 0.6) is 0 Å². The number of nitro benzene ring substituents is 1. The number of fused-ring (bicyclic) bond motifs is 3. The van der Waals surface area contributed by atoms with Gasteiger partial charge in [0.05, 0.1) is 21.2 Å². The van der Waals surface area contributed by atoms with E-state index in [2.05, 4.69) is 29.6 Å². The third-order valence-electron chi connectivity index (χ3n) is 6.27. The second-order valence-corrected chi connectivity index (χ2v) is 10.2. The van der Waals surface area contributed by atoms with Gasteiger partial charge in [-0.2, -0.15) is 0 Å². The number of halogens is 2. The van der Waals surface area contributed by atoms with Crippen molar-refractivity contribution >= 4 is 46.3 Å².